The van der Waals surface area contributed by atoms with Gasteiger partial charge in [0.15, 0.2) is 0 Å². The van der Waals surface area contributed by atoms with Crippen LogP contribution in [0.5, 0.6) is 11.5 Å². The molecule has 0 unspecified atom stereocenters. The second-order valence-corrected chi connectivity index (χ2v) is 9.21. The van der Waals surface area contributed by atoms with Crippen molar-refractivity contribution in [3.63, 3.8) is 0 Å². The molecule has 0 spiro atoms. The van der Waals surface area contributed by atoms with Crippen molar-refractivity contribution in [1.82, 2.24) is 10.2 Å². The second kappa shape index (κ2) is 9.85. The number of ether oxygens (including phenoxy) is 2. The molecule has 1 heterocycles. The highest BCUT2D eigenvalue weighted by Gasteiger charge is 2.23. The molecule has 0 radical (unpaired) electrons. The SMILES string of the molecule is COc1cccc(OC)c1-c1nnc(NC(=O)c2ccc(S(=O)(=O)N(C)c3ccccc3)cc2)o1. The van der Waals surface area contributed by atoms with Crippen molar-refractivity contribution in [2.45, 2.75) is 4.90 Å². The van der Waals surface area contributed by atoms with Gasteiger partial charge in [0.2, 0.25) is 0 Å². The molecule has 1 aromatic heterocycles. The van der Waals surface area contributed by atoms with Gasteiger partial charge in [0.1, 0.15) is 17.1 Å². The highest BCUT2D eigenvalue weighted by atomic mass is 32.2. The Labute approximate surface area is 202 Å². The molecule has 35 heavy (non-hydrogen) atoms. The zero-order valence-corrected chi connectivity index (χ0v) is 19.9. The van der Waals surface area contributed by atoms with Crippen LogP contribution in [0, 0.1) is 0 Å². The Bertz CT molecular complexity index is 1410. The van der Waals surface area contributed by atoms with Crippen LogP contribution in [0.25, 0.3) is 11.5 Å². The number of amides is 1. The number of benzene rings is 3. The van der Waals surface area contributed by atoms with E-state index in [0.717, 1.165) is 0 Å². The highest BCUT2D eigenvalue weighted by molar-refractivity contribution is 7.92. The van der Waals surface area contributed by atoms with Gasteiger partial charge in [0.25, 0.3) is 21.8 Å². The zero-order chi connectivity index (χ0) is 25.0. The van der Waals surface area contributed by atoms with Gasteiger partial charge in [-0.1, -0.05) is 29.4 Å². The number of carbonyl (C=O) groups excluding carboxylic acids is 1. The fourth-order valence-electron chi connectivity index (χ4n) is 3.32. The molecule has 0 aliphatic rings. The van der Waals surface area contributed by atoms with Gasteiger partial charge >= 0.3 is 6.01 Å². The number of hydrogen-bond acceptors (Lipinski definition) is 8. The van der Waals surface area contributed by atoms with Crippen molar-refractivity contribution >= 4 is 27.6 Å². The molecule has 0 atom stereocenters. The second-order valence-electron chi connectivity index (χ2n) is 7.24. The molecule has 0 bridgehead atoms. The smallest absolute Gasteiger partial charge is 0.322 e. The number of para-hydroxylation sites is 1. The Kier molecular flexibility index (Phi) is 6.69. The van der Waals surface area contributed by atoms with Crippen LogP contribution in [0.2, 0.25) is 0 Å². The standard InChI is InChI=1S/C24H22N4O6S/c1-28(17-8-5-4-6-9-17)35(30,31)18-14-12-16(13-15-18)22(29)25-24-27-26-23(34-24)21-19(32-2)10-7-11-20(21)33-3/h4-15H,1-3H3,(H,25,27,29). The first-order valence-electron chi connectivity index (χ1n) is 10.4. The van der Waals surface area contributed by atoms with Crippen LogP contribution in [0.1, 0.15) is 10.4 Å². The highest BCUT2D eigenvalue weighted by Crippen LogP contribution is 2.37. The number of methoxy groups -OCH3 is 2. The van der Waals surface area contributed by atoms with E-state index in [1.165, 1.54) is 49.8 Å². The summed E-state index contributed by atoms with van der Waals surface area (Å²) in [7, 11) is 0.668. The van der Waals surface area contributed by atoms with Gasteiger partial charge in [0.05, 0.1) is 24.8 Å². The maximum absolute atomic E-state index is 12.9. The topological polar surface area (TPSA) is 124 Å². The molecule has 4 aromatic rings. The Morgan fingerprint density at radius 3 is 2.11 bits per heavy atom. The summed E-state index contributed by atoms with van der Waals surface area (Å²) >= 11 is 0. The minimum atomic E-state index is -3.80. The average Bonchev–Trinajstić information content (AvgIpc) is 3.36. The van der Waals surface area contributed by atoms with E-state index in [1.54, 1.807) is 48.5 Å². The lowest BCUT2D eigenvalue weighted by Gasteiger charge is -2.19. The molecule has 1 amide bonds. The van der Waals surface area contributed by atoms with Gasteiger partial charge in [-0.25, -0.2) is 8.42 Å². The predicted molar refractivity (Wildman–Crippen MR) is 129 cm³/mol. The number of carbonyl (C=O) groups is 1. The normalized spacial score (nSPS) is 11.1. The lowest BCUT2D eigenvalue weighted by molar-refractivity contribution is 0.102. The third-order valence-electron chi connectivity index (χ3n) is 5.18. The lowest BCUT2D eigenvalue weighted by atomic mass is 10.2. The van der Waals surface area contributed by atoms with Gasteiger partial charge in [-0.15, -0.1) is 5.10 Å². The van der Waals surface area contributed by atoms with Gasteiger partial charge in [-0.2, -0.15) is 0 Å². The molecular formula is C24H22N4O6S. The average molecular weight is 495 g/mol. The maximum Gasteiger partial charge on any atom is 0.322 e. The largest absolute Gasteiger partial charge is 0.496 e. The van der Waals surface area contributed by atoms with E-state index in [2.05, 4.69) is 15.5 Å². The molecule has 11 heteroatoms. The first-order chi connectivity index (χ1) is 16.8. The molecule has 0 fully saturated rings. The van der Waals surface area contributed by atoms with Crippen molar-refractivity contribution in [3.8, 4) is 23.0 Å². The van der Waals surface area contributed by atoms with Crippen molar-refractivity contribution in [2.75, 3.05) is 30.9 Å². The summed E-state index contributed by atoms with van der Waals surface area (Å²) < 4.78 is 43.3. The molecular weight excluding hydrogens is 472 g/mol. The van der Waals surface area contributed by atoms with E-state index in [1.807, 2.05) is 0 Å². The molecule has 0 aliphatic carbocycles. The summed E-state index contributed by atoms with van der Waals surface area (Å²) in [4.78, 5) is 12.7. The molecule has 3 aromatic carbocycles. The summed E-state index contributed by atoms with van der Waals surface area (Å²) in [6.45, 7) is 0. The van der Waals surface area contributed by atoms with E-state index in [4.69, 9.17) is 13.9 Å². The van der Waals surface area contributed by atoms with Crippen molar-refractivity contribution in [1.29, 1.82) is 0 Å². The summed E-state index contributed by atoms with van der Waals surface area (Å²) in [6, 6.07) is 19.3. The first kappa shape index (κ1) is 23.8. The quantitative estimate of drug-likeness (QED) is 0.392. The van der Waals surface area contributed by atoms with E-state index in [-0.39, 0.29) is 22.4 Å². The molecule has 0 saturated carbocycles. The van der Waals surface area contributed by atoms with Crippen LogP contribution in [0.15, 0.2) is 82.1 Å². The number of aromatic nitrogens is 2. The Morgan fingerprint density at radius 1 is 0.886 bits per heavy atom. The fourth-order valence-corrected chi connectivity index (χ4v) is 4.51. The molecule has 1 N–H and O–H groups in total. The van der Waals surface area contributed by atoms with E-state index in [0.29, 0.717) is 22.7 Å². The number of hydrogen-bond donors (Lipinski definition) is 1. The van der Waals surface area contributed by atoms with Crippen molar-refractivity contribution in [3.05, 3.63) is 78.4 Å². The number of nitrogens with one attached hydrogen (secondary N) is 1. The van der Waals surface area contributed by atoms with Crippen LogP contribution in [0.4, 0.5) is 11.7 Å². The monoisotopic (exact) mass is 494 g/mol. The van der Waals surface area contributed by atoms with Crippen LogP contribution in [-0.2, 0) is 10.0 Å². The van der Waals surface area contributed by atoms with Crippen molar-refractivity contribution < 1.29 is 27.1 Å². The number of rotatable bonds is 8. The Hall–Kier alpha value is -4.38. The molecule has 180 valence electrons. The maximum atomic E-state index is 12.9. The Balaban J connectivity index is 1.51. The Morgan fingerprint density at radius 2 is 1.51 bits per heavy atom. The van der Waals surface area contributed by atoms with Crippen LogP contribution >= 0.6 is 0 Å². The predicted octanol–water partition coefficient (Wildman–Crippen LogP) is 3.83. The third kappa shape index (κ3) is 4.80. The summed E-state index contributed by atoms with van der Waals surface area (Å²) in [6.07, 6.45) is 0. The fraction of sp³-hybridized carbons (Fsp3) is 0.125. The van der Waals surface area contributed by atoms with Crippen LogP contribution < -0.4 is 19.1 Å². The first-order valence-corrected chi connectivity index (χ1v) is 11.8. The number of sulfonamides is 1. The summed E-state index contributed by atoms with van der Waals surface area (Å²) in [5.41, 5.74) is 1.18. The van der Waals surface area contributed by atoms with E-state index >= 15 is 0 Å². The number of nitrogens with zero attached hydrogens (tertiary/aromatic N) is 3. The van der Waals surface area contributed by atoms with Gasteiger partial charge < -0.3 is 13.9 Å². The van der Waals surface area contributed by atoms with Crippen LogP contribution in [-0.4, -0.2) is 45.8 Å². The third-order valence-corrected chi connectivity index (χ3v) is 6.98. The summed E-state index contributed by atoms with van der Waals surface area (Å²) in [5.74, 6) is 0.471. The van der Waals surface area contributed by atoms with Gasteiger partial charge in [-0.3, -0.25) is 14.4 Å². The minimum Gasteiger partial charge on any atom is -0.496 e. The molecule has 0 saturated heterocycles. The number of anilines is 2. The van der Waals surface area contributed by atoms with E-state index < -0.39 is 15.9 Å². The van der Waals surface area contributed by atoms with Crippen molar-refractivity contribution in [2.24, 2.45) is 0 Å². The summed E-state index contributed by atoms with van der Waals surface area (Å²) in [5, 5.41) is 10.3. The molecule has 10 nitrogen and oxygen atoms in total. The molecule has 4 rings (SSSR count). The minimum absolute atomic E-state index is 0.0451. The van der Waals surface area contributed by atoms with E-state index in [9.17, 15) is 13.2 Å². The van der Waals surface area contributed by atoms with Gasteiger partial charge in [0, 0.05) is 12.6 Å². The van der Waals surface area contributed by atoms with Crippen LogP contribution in [0.3, 0.4) is 0 Å². The zero-order valence-electron chi connectivity index (χ0n) is 19.1. The van der Waals surface area contributed by atoms with Gasteiger partial charge in [-0.05, 0) is 48.5 Å². The lowest BCUT2D eigenvalue weighted by Crippen LogP contribution is -2.26. The molecule has 0 aliphatic heterocycles.